The Morgan fingerprint density at radius 1 is 1.25 bits per heavy atom. The van der Waals surface area contributed by atoms with Gasteiger partial charge in [0.15, 0.2) is 11.5 Å². The van der Waals surface area contributed by atoms with E-state index in [2.05, 4.69) is 25.0 Å². The van der Waals surface area contributed by atoms with Gasteiger partial charge in [0.05, 0.1) is 22.0 Å². The Morgan fingerprint density at radius 3 is 2.78 bits per heavy atom. The molecule has 1 amide bonds. The topological polar surface area (TPSA) is 148 Å². The number of aromatic nitrogens is 6. The van der Waals surface area contributed by atoms with E-state index in [0.29, 0.717) is 33.2 Å². The molecule has 1 aliphatic carbocycles. The largest absolute Gasteiger partial charge is 0.493 e. The van der Waals surface area contributed by atoms with E-state index in [-0.39, 0.29) is 23.5 Å². The molecule has 1 unspecified atom stereocenters. The molecule has 1 saturated carbocycles. The number of amides is 1. The maximum atomic E-state index is 13.1. The zero-order valence-corrected chi connectivity index (χ0v) is 20.6. The van der Waals surface area contributed by atoms with Crippen molar-refractivity contribution in [2.45, 2.75) is 31.3 Å². The number of aromatic amines is 2. The van der Waals surface area contributed by atoms with Crippen LogP contribution in [-0.4, -0.2) is 89.6 Å². The highest BCUT2D eigenvalue weighted by Gasteiger charge is 2.29. The molecule has 1 aliphatic heterocycles. The first-order valence-corrected chi connectivity index (χ1v) is 12.6. The lowest BCUT2D eigenvalue weighted by Crippen LogP contribution is -2.34. The van der Waals surface area contributed by atoms with E-state index < -0.39 is 5.69 Å². The predicted octanol–water partition coefficient (Wildman–Crippen LogP) is -0.0383. The second-order valence-corrected chi connectivity index (χ2v) is 10.4. The molecule has 0 spiro atoms. The number of imidazole rings is 1. The minimum Gasteiger partial charge on any atom is -0.493 e. The molecule has 2 aliphatic rings. The predicted molar refractivity (Wildman–Crippen MR) is 133 cm³/mol. The molecule has 1 saturated heterocycles. The van der Waals surface area contributed by atoms with Crippen LogP contribution in [0.3, 0.4) is 0 Å². The molecule has 12 nitrogen and oxygen atoms in total. The van der Waals surface area contributed by atoms with Crippen LogP contribution in [-0.2, 0) is 0 Å². The zero-order valence-electron chi connectivity index (χ0n) is 19.8. The molecule has 0 bridgehead atoms. The van der Waals surface area contributed by atoms with Crippen LogP contribution in [0, 0.1) is 0 Å². The number of carbonyl (C=O) groups is 1. The van der Waals surface area contributed by atoms with Crippen LogP contribution in [0.25, 0.3) is 22.4 Å². The van der Waals surface area contributed by atoms with E-state index in [4.69, 9.17) is 9.98 Å². The molecule has 5 heterocycles. The molecular weight excluding hydrogens is 482 g/mol. The molecule has 13 heteroatoms. The molecule has 0 radical (unpaired) electrons. The van der Waals surface area contributed by atoms with Crippen molar-refractivity contribution >= 4 is 29.0 Å². The highest BCUT2D eigenvalue weighted by atomic mass is 32.1. The maximum absolute atomic E-state index is 13.1. The fourth-order valence-electron chi connectivity index (χ4n) is 4.27. The highest BCUT2D eigenvalue weighted by molar-refractivity contribution is 7.17. The van der Waals surface area contributed by atoms with Crippen molar-refractivity contribution in [2.75, 3.05) is 27.2 Å². The lowest BCUT2D eigenvalue weighted by molar-refractivity contribution is 0.0788. The van der Waals surface area contributed by atoms with Crippen LogP contribution in [0.2, 0.25) is 0 Å². The third-order valence-electron chi connectivity index (χ3n) is 6.48. The van der Waals surface area contributed by atoms with Gasteiger partial charge in [-0.2, -0.15) is 14.6 Å². The van der Waals surface area contributed by atoms with Crippen LogP contribution in [0.5, 0.6) is 5.88 Å². The Labute approximate surface area is 208 Å². The van der Waals surface area contributed by atoms with Gasteiger partial charge in [-0.25, -0.2) is 14.8 Å². The summed E-state index contributed by atoms with van der Waals surface area (Å²) in [5, 5.41) is 14.9. The van der Waals surface area contributed by atoms with Gasteiger partial charge in [-0.1, -0.05) is 0 Å². The Bertz CT molecular complexity index is 1640. The molecule has 6 rings (SSSR count). The van der Waals surface area contributed by atoms with Crippen molar-refractivity contribution in [3.63, 3.8) is 0 Å². The average Bonchev–Trinajstić information content (AvgIpc) is 3.25. The monoisotopic (exact) mass is 507 g/mol. The lowest BCUT2D eigenvalue weighted by atomic mass is 10.2. The van der Waals surface area contributed by atoms with Crippen molar-refractivity contribution < 1.29 is 9.90 Å². The zero-order chi connectivity index (χ0) is 25.0. The third kappa shape index (κ3) is 4.20. The maximum Gasteiger partial charge on any atom is 0.326 e. The van der Waals surface area contributed by atoms with Crippen molar-refractivity contribution in [1.29, 1.82) is 0 Å². The van der Waals surface area contributed by atoms with Gasteiger partial charge in [-0.15, -0.1) is 11.3 Å². The summed E-state index contributed by atoms with van der Waals surface area (Å²) in [5.74, 6) is 0.196. The van der Waals surface area contributed by atoms with Crippen molar-refractivity contribution in [3.05, 3.63) is 50.2 Å². The van der Waals surface area contributed by atoms with Crippen LogP contribution >= 0.6 is 11.3 Å². The number of fused-ring (bicyclic) bond motifs is 1. The summed E-state index contributed by atoms with van der Waals surface area (Å²) in [4.78, 5) is 49.1. The SMILES string of the molecule is CN(C)C1CCN(C(=O)c2ccc(-c3nc(=NC4CC4)n4nc/c(=C/c5[nH]c(=O)[nH]c5O)c4n3)s2)C1. The molecule has 4 aromatic rings. The quantitative estimate of drug-likeness (QED) is 0.343. The third-order valence-corrected chi connectivity index (χ3v) is 7.55. The number of thiophene rings is 1. The van der Waals surface area contributed by atoms with Gasteiger partial charge in [-0.3, -0.25) is 9.78 Å². The van der Waals surface area contributed by atoms with Crippen LogP contribution in [0.4, 0.5) is 0 Å². The number of likely N-dealkylation sites (tertiary alicyclic amines) is 1. The van der Waals surface area contributed by atoms with E-state index >= 15 is 0 Å². The van der Waals surface area contributed by atoms with Gasteiger partial charge in [0.1, 0.15) is 5.69 Å². The van der Waals surface area contributed by atoms with Crippen LogP contribution in [0.1, 0.15) is 34.6 Å². The molecule has 1 atom stereocenters. The number of nitrogens with one attached hydrogen (secondary N) is 2. The number of hydrogen-bond donors (Lipinski definition) is 3. The fourth-order valence-corrected chi connectivity index (χ4v) is 5.18. The molecule has 186 valence electrons. The van der Waals surface area contributed by atoms with Crippen molar-refractivity contribution in [1.82, 2.24) is 39.3 Å². The number of rotatable bonds is 5. The van der Waals surface area contributed by atoms with Gasteiger partial charge < -0.3 is 19.9 Å². The molecule has 2 fully saturated rings. The summed E-state index contributed by atoms with van der Waals surface area (Å²) in [5.41, 5.74) is 0.621. The van der Waals surface area contributed by atoms with Gasteiger partial charge in [0.2, 0.25) is 11.5 Å². The number of carbonyl (C=O) groups excluding carboxylic acids is 1. The molecule has 36 heavy (non-hydrogen) atoms. The number of nitrogens with zero attached hydrogens (tertiary/aromatic N) is 7. The smallest absolute Gasteiger partial charge is 0.326 e. The first-order valence-electron chi connectivity index (χ1n) is 11.7. The van der Waals surface area contributed by atoms with E-state index in [0.717, 1.165) is 37.2 Å². The van der Waals surface area contributed by atoms with E-state index in [1.807, 2.05) is 31.1 Å². The Balaban J connectivity index is 1.40. The summed E-state index contributed by atoms with van der Waals surface area (Å²) >= 11 is 1.36. The Kier molecular flexibility index (Phi) is 5.45. The van der Waals surface area contributed by atoms with Gasteiger partial charge in [0, 0.05) is 24.4 Å². The van der Waals surface area contributed by atoms with Crippen LogP contribution < -0.4 is 16.5 Å². The number of aromatic hydroxyl groups is 1. The van der Waals surface area contributed by atoms with Gasteiger partial charge >= 0.3 is 5.69 Å². The van der Waals surface area contributed by atoms with E-state index in [1.54, 1.807) is 16.8 Å². The van der Waals surface area contributed by atoms with Crippen molar-refractivity contribution in [2.24, 2.45) is 4.99 Å². The van der Waals surface area contributed by atoms with Crippen molar-refractivity contribution in [3.8, 4) is 16.6 Å². The molecule has 4 aromatic heterocycles. The van der Waals surface area contributed by atoms with E-state index in [9.17, 15) is 14.7 Å². The Hall–Kier alpha value is -3.84. The lowest BCUT2D eigenvalue weighted by Gasteiger charge is -2.19. The van der Waals surface area contributed by atoms with Crippen LogP contribution in [0.15, 0.2) is 28.1 Å². The second kappa shape index (κ2) is 8.68. The highest BCUT2D eigenvalue weighted by Crippen LogP contribution is 2.28. The summed E-state index contributed by atoms with van der Waals surface area (Å²) < 4.78 is 1.56. The van der Waals surface area contributed by atoms with E-state index in [1.165, 1.54) is 11.3 Å². The summed E-state index contributed by atoms with van der Waals surface area (Å²) in [6.07, 6.45) is 6.14. The minimum absolute atomic E-state index is 0.0184. The normalized spacial score (nSPS) is 19.3. The molecule has 0 aromatic carbocycles. The number of hydrogen-bond acceptors (Lipinski definition) is 9. The first-order chi connectivity index (χ1) is 17.4. The fraction of sp³-hybridized carbons (Fsp3) is 0.391. The molecular formula is C23H25N9O3S. The second-order valence-electron chi connectivity index (χ2n) is 9.35. The van der Waals surface area contributed by atoms with Gasteiger partial charge in [0.25, 0.3) is 5.91 Å². The molecule has 3 N–H and O–H groups in total. The minimum atomic E-state index is -0.513. The Morgan fingerprint density at radius 2 is 2.08 bits per heavy atom. The summed E-state index contributed by atoms with van der Waals surface area (Å²) in [7, 11) is 4.08. The number of H-pyrrole nitrogens is 2. The summed E-state index contributed by atoms with van der Waals surface area (Å²) in [6, 6.07) is 4.26. The number of likely N-dealkylation sites (N-methyl/N-ethyl adjacent to an activating group) is 1. The average molecular weight is 508 g/mol. The first kappa shape index (κ1) is 22.6. The van der Waals surface area contributed by atoms with Gasteiger partial charge in [-0.05, 0) is 51.6 Å². The summed E-state index contributed by atoms with van der Waals surface area (Å²) in [6.45, 7) is 1.46. The standard InChI is InChI=1S/C23H25N9O3S/c1-30(2)14-7-8-31(11-14)21(34)17-6-5-16(36-17)18-27-19-12(9-15-20(33)29-23(35)26-15)10-24-32(19)22(28-18)25-13-3-4-13/h5-6,9-10,13-14,33H,3-4,7-8,11H2,1-2H3,(H2,26,29,35)/b12-9-,25-22?.